The van der Waals surface area contributed by atoms with Crippen LogP contribution >= 0.6 is 0 Å². The van der Waals surface area contributed by atoms with Crippen LogP contribution in [0.25, 0.3) is 5.69 Å². The molecule has 0 bridgehead atoms. The molecule has 1 aromatic heterocycles. The van der Waals surface area contributed by atoms with E-state index >= 15 is 0 Å². The SMILES string of the molecule is COc1cc(C(=O)Nc2cccc(-n3cnnn3)c2C)ccc1OC(C)=O. The van der Waals surface area contributed by atoms with E-state index in [0.717, 1.165) is 11.3 Å². The van der Waals surface area contributed by atoms with Crippen LogP contribution in [0, 0.1) is 6.92 Å². The fourth-order valence-electron chi connectivity index (χ4n) is 2.52. The lowest BCUT2D eigenvalue weighted by molar-refractivity contribution is -0.132. The molecule has 0 saturated carbocycles. The van der Waals surface area contributed by atoms with Crippen molar-refractivity contribution >= 4 is 17.6 Å². The Hall–Kier alpha value is -3.75. The van der Waals surface area contributed by atoms with E-state index in [-0.39, 0.29) is 17.4 Å². The smallest absolute Gasteiger partial charge is 0.308 e. The van der Waals surface area contributed by atoms with Crippen molar-refractivity contribution in [2.24, 2.45) is 0 Å². The second-order valence-electron chi connectivity index (χ2n) is 5.62. The van der Waals surface area contributed by atoms with Crippen LogP contribution in [-0.4, -0.2) is 39.2 Å². The first kappa shape index (κ1) is 18.1. The zero-order valence-electron chi connectivity index (χ0n) is 15.0. The standard InChI is InChI=1S/C18H17N5O4/c1-11-14(5-4-6-15(11)23-10-19-21-22-23)20-18(25)13-7-8-16(27-12(2)24)17(9-13)26-3/h4-10H,1-3H3,(H,20,25). The Morgan fingerprint density at radius 3 is 2.63 bits per heavy atom. The zero-order chi connectivity index (χ0) is 19.4. The van der Waals surface area contributed by atoms with Gasteiger partial charge in [-0.05, 0) is 53.2 Å². The zero-order valence-corrected chi connectivity index (χ0v) is 15.0. The van der Waals surface area contributed by atoms with Gasteiger partial charge in [0.05, 0.1) is 12.8 Å². The maximum atomic E-state index is 12.6. The first-order valence-corrected chi connectivity index (χ1v) is 8.00. The van der Waals surface area contributed by atoms with Gasteiger partial charge in [0.15, 0.2) is 11.5 Å². The number of nitrogens with zero attached hydrogens (tertiary/aromatic N) is 4. The van der Waals surface area contributed by atoms with E-state index in [1.807, 2.05) is 13.0 Å². The summed E-state index contributed by atoms with van der Waals surface area (Å²) in [4.78, 5) is 23.8. The molecule has 0 fully saturated rings. The molecular formula is C18H17N5O4. The van der Waals surface area contributed by atoms with Gasteiger partial charge in [0.1, 0.15) is 6.33 Å². The molecule has 0 spiro atoms. The van der Waals surface area contributed by atoms with E-state index in [1.165, 1.54) is 37.2 Å². The van der Waals surface area contributed by atoms with Gasteiger partial charge in [-0.1, -0.05) is 6.07 Å². The lowest BCUT2D eigenvalue weighted by Crippen LogP contribution is -2.14. The fourth-order valence-corrected chi connectivity index (χ4v) is 2.52. The minimum absolute atomic E-state index is 0.249. The van der Waals surface area contributed by atoms with Crippen molar-refractivity contribution in [1.82, 2.24) is 20.2 Å². The van der Waals surface area contributed by atoms with E-state index in [1.54, 1.807) is 18.2 Å². The van der Waals surface area contributed by atoms with Gasteiger partial charge >= 0.3 is 5.97 Å². The molecule has 3 aromatic rings. The molecule has 0 aliphatic rings. The summed E-state index contributed by atoms with van der Waals surface area (Å²) >= 11 is 0. The Kier molecular flexibility index (Phi) is 5.11. The van der Waals surface area contributed by atoms with Crippen LogP contribution < -0.4 is 14.8 Å². The highest BCUT2D eigenvalue weighted by atomic mass is 16.6. The molecule has 0 atom stereocenters. The molecule has 9 heteroatoms. The first-order valence-electron chi connectivity index (χ1n) is 8.00. The molecule has 0 saturated heterocycles. The lowest BCUT2D eigenvalue weighted by Gasteiger charge is -2.13. The average Bonchev–Trinajstić information content (AvgIpc) is 3.17. The lowest BCUT2D eigenvalue weighted by atomic mass is 10.1. The monoisotopic (exact) mass is 367 g/mol. The summed E-state index contributed by atoms with van der Waals surface area (Å²) in [6, 6.07) is 10.00. The molecule has 0 unspecified atom stereocenters. The second-order valence-corrected chi connectivity index (χ2v) is 5.62. The van der Waals surface area contributed by atoms with Gasteiger partial charge in [-0.2, -0.15) is 0 Å². The van der Waals surface area contributed by atoms with Crippen molar-refractivity contribution in [3.63, 3.8) is 0 Å². The highest BCUT2D eigenvalue weighted by molar-refractivity contribution is 6.05. The second kappa shape index (κ2) is 7.65. The summed E-state index contributed by atoms with van der Waals surface area (Å²) in [6.07, 6.45) is 1.48. The van der Waals surface area contributed by atoms with E-state index < -0.39 is 5.97 Å². The molecule has 1 amide bonds. The van der Waals surface area contributed by atoms with Gasteiger partial charge in [0.2, 0.25) is 0 Å². The quantitative estimate of drug-likeness (QED) is 0.544. The summed E-state index contributed by atoms with van der Waals surface area (Å²) in [7, 11) is 1.43. The Morgan fingerprint density at radius 1 is 1.15 bits per heavy atom. The number of carbonyl (C=O) groups excluding carboxylic acids is 2. The number of methoxy groups -OCH3 is 1. The molecular weight excluding hydrogens is 350 g/mol. The third-order valence-electron chi connectivity index (χ3n) is 3.83. The number of benzene rings is 2. The summed E-state index contributed by atoms with van der Waals surface area (Å²) in [5.41, 5.74) is 2.54. The minimum Gasteiger partial charge on any atom is -0.493 e. The van der Waals surface area contributed by atoms with Crippen molar-refractivity contribution in [3.8, 4) is 17.2 Å². The van der Waals surface area contributed by atoms with Crippen LogP contribution in [0.3, 0.4) is 0 Å². The topological polar surface area (TPSA) is 108 Å². The number of hydrogen-bond donors (Lipinski definition) is 1. The van der Waals surface area contributed by atoms with Crippen LogP contribution in [0.4, 0.5) is 5.69 Å². The number of carbonyl (C=O) groups is 2. The van der Waals surface area contributed by atoms with Crippen molar-refractivity contribution in [2.45, 2.75) is 13.8 Å². The highest BCUT2D eigenvalue weighted by Gasteiger charge is 2.15. The molecule has 9 nitrogen and oxygen atoms in total. The maximum Gasteiger partial charge on any atom is 0.308 e. The Morgan fingerprint density at radius 2 is 1.96 bits per heavy atom. The number of rotatable bonds is 5. The maximum absolute atomic E-state index is 12.6. The molecule has 138 valence electrons. The molecule has 3 rings (SSSR count). The number of anilines is 1. The van der Waals surface area contributed by atoms with Crippen molar-refractivity contribution in [1.29, 1.82) is 0 Å². The van der Waals surface area contributed by atoms with Crippen molar-refractivity contribution in [3.05, 3.63) is 53.9 Å². The van der Waals surface area contributed by atoms with Gasteiger partial charge in [0.25, 0.3) is 5.91 Å². The van der Waals surface area contributed by atoms with E-state index in [4.69, 9.17) is 9.47 Å². The summed E-state index contributed by atoms with van der Waals surface area (Å²) in [5, 5.41) is 14.0. The number of hydrogen-bond acceptors (Lipinski definition) is 7. The third kappa shape index (κ3) is 3.92. The van der Waals surface area contributed by atoms with Gasteiger partial charge in [-0.15, -0.1) is 5.10 Å². The number of ether oxygens (including phenoxy) is 2. The van der Waals surface area contributed by atoms with Crippen LogP contribution in [0.1, 0.15) is 22.8 Å². The summed E-state index contributed by atoms with van der Waals surface area (Å²) < 4.78 is 11.8. The summed E-state index contributed by atoms with van der Waals surface area (Å²) in [6.45, 7) is 3.15. The van der Waals surface area contributed by atoms with Gasteiger partial charge in [-0.25, -0.2) is 4.68 Å². The van der Waals surface area contributed by atoms with Crippen molar-refractivity contribution in [2.75, 3.05) is 12.4 Å². The molecule has 1 N–H and O–H groups in total. The molecule has 0 aliphatic carbocycles. The first-order chi connectivity index (χ1) is 13.0. The number of tetrazole rings is 1. The van der Waals surface area contributed by atoms with Crippen molar-refractivity contribution < 1.29 is 19.1 Å². The third-order valence-corrected chi connectivity index (χ3v) is 3.83. The number of esters is 1. The number of nitrogens with one attached hydrogen (secondary N) is 1. The average molecular weight is 367 g/mol. The van der Waals surface area contributed by atoms with Crippen LogP contribution in [0.5, 0.6) is 11.5 Å². The van der Waals surface area contributed by atoms with E-state index in [0.29, 0.717) is 11.3 Å². The van der Waals surface area contributed by atoms with E-state index in [2.05, 4.69) is 20.8 Å². The number of amides is 1. The molecule has 27 heavy (non-hydrogen) atoms. The van der Waals surface area contributed by atoms with E-state index in [9.17, 15) is 9.59 Å². The Balaban J connectivity index is 1.86. The van der Waals surface area contributed by atoms with Gasteiger partial charge in [-0.3, -0.25) is 9.59 Å². The Bertz CT molecular complexity index is 985. The molecule has 0 aliphatic heterocycles. The molecule has 1 heterocycles. The van der Waals surface area contributed by atoms with Crippen LogP contribution in [0.15, 0.2) is 42.7 Å². The van der Waals surface area contributed by atoms with Crippen LogP contribution in [0.2, 0.25) is 0 Å². The fraction of sp³-hybridized carbons (Fsp3) is 0.167. The minimum atomic E-state index is -0.472. The molecule has 0 radical (unpaired) electrons. The van der Waals surface area contributed by atoms with Gasteiger partial charge in [0, 0.05) is 18.2 Å². The normalized spacial score (nSPS) is 10.3. The number of aromatic nitrogens is 4. The largest absolute Gasteiger partial charge is 0.493 e. The Labute approximate surface area is 154 Å². The summed E-state index contributed by atoms with van der Waals surface area (Å²) in [5.74, 6) is -0.268. The molecule has 2 aromatic carbocycles. The van der Waals surface area contributed by atoms with Crippen LogP contribution in [-0.2, 0) is 4.79 Å². The highest BCUT2D eigenvalue weighted by Crippen LogP contribution is 2.29. The predicted octanol–water partition coefficient (Wildman–Crippen LogP) is 2.16. The van der Waals surface area contributed by atoms with Gasteiger partial charge < -0.3 is 14.8 Å². The predicted molar refractivity (Wildman–Crippen MR) is 96.1 cm³/mol.